The van der Waals surface area contributed by atoms with Gasteiger partial charge in [0.15, 0.2) is 5.78 Å². The molecule has 0 spiro atoms. The van der Waals surface area contributed by atoms with E-state index in [2.05, 4.69) is 0 Å². The molecule has 1 rings (SSSR count). The minimum Gasteiger partial charge on any atom is -0.496 e. The Kier molecular flexibility index (Phi) is 3.56. The van der Waals surface area contributed by atoms with E-state index < -0.39 is 10.7 Å². The molecule has 0 saturated carbocycles. The van der Waals surface area contributed by atoms with E-state index in [1.54, 1.807) is 6.07 Å². The molecule has 82 valence electrons. The van der Waals surface area contributed by atoms with Gasteiger partial charge in [-0.3, -0.25) is 14.9 Å². The third-order valence-corrected chi connectivity index (χ3v) is 1.94. The molecule has 0 atom stereocenters. The molecule has 0 bridgehead atoms. The molecule has 0 aliphatic heterocycles. The van der Waals surface area contributed by atoms with Gasteiger partial charge in [0.05, 0.1) is 36.2 Å². The SMILES string of the molecule is COc1cc([N+](=O)[O-])ccc1C(=O)CC#N. The number of carbonyl (C=O) groups excluding carboxylic acids is 1. The standard InChI is InChI=1S/C10H8N2O4/c1-16-10-6-7(12(14)15)2-3-8(10)9(13)4-5-11/h2-3,6H,4H2,1H3. The molecule has 0 heterocycles. The Balaban J connectivity index is 3.17. The normalized spacial score (nSPS) is 9.25. The summed E-state index contributed by atoms with van der Waals surface area (Å²) in [7, 11) is 1.31. The minimum atomic E-state index is -0.582. The van der Waals surface area contributed by atoms with E-state index in [1.165, 1.54) is 19.2 Å². The van der Waals surface area contributed by atoms with Gasteiger partial charge < -0.3 is 4.74 Å². The van der Waals surface area contributed by atoms with Crippen molar-refractivity contribution < 1.29 is 14.5 Å². The van der Waals surface area contributed by atoms with Gasteiger partial charge in [-0.25, -0.2) is 0 Å². The fourth-order valence-corrected chi connectivity index (χ4v) is 1.19. The number of nitro benzene ring substituents is 1. The number of ketones is 1. The zero-order valence-electron chi connectivity index (χ0n) is 8.47. The number of carbonyl (C=O) groups is 1. The smallest absolute Gasteiger partial charge is 0.273 e. The van der Waals surface area contributed by atoms with Crippen LogP contribution in [0.4, 0.5) is 5.69 Å². The van der Waals surface area contributed by atoms with Gasteiger partial charge >= 0.3 is 0 Å². The summed E-state index contributed by atoms with van der Waals surface area (Å²) in [5.74, 6) is -0.316. The molecule has 0 saturated heterocycles. The highest BCUT2D eigenvalue weighted by Crippen LogP contribution is 2.25. The van der Waals surface area contributed by atoms with Crippen molar-refractivity contribution in [1.82, 2.24) is 0 Å². The molecule has 0 amide bonds. The number of ether oxygens (including phenoxy) is 1. The highest BCUT2D eigenvalue weighted by Gasteiger charge is 2.16. The zero-order valence-corrected chi connectivity index (χ0v) is 8.47. The van der Waals surface area contributed by atoms with Crippen LogP contribution in [0.2, 0.25) is 0 Å². The van der Waals surface area contributed by atoms with Crippen molar-refractivity contribution in [3.8, 4) is 11.8 Å². The maximum Gasteiger partial charge on any atom is 0.273 e. The molecule has 1 aromatic carbocycles. The number of rotatable bonds is 4. The van der Waals surface area contributed by atoms with Crippen LogP contribution in [0, 0.1) is 21.4 Å². The van der Waals surface area contributed by atoms with E-state index in [-0.39, 0.29) is 23.4 Å². The number of nitrogens with zero attached hydrogens (tertiary/aromatic N) is 2. The highest BCUT2D eigenvalue weighted by molar-refractivity contribution is 6.00. The van der Waals surface area contributed by atoms with Crippen LogP contribution in [0.1, 0.15) is 16.8 Å². The lowest BCUT2D eigenvalue weighted by atomic mass is 10.1. The van der Waals surface area contributed by atoms with Crippen LogP contribution in [0.15, 0.2) is 18.2 Å². The molecular weight excluding hydrogens is 212 g/mol. The Bertz CT molecular complexity index is 476. The first-order valence-corrected chi connectivity index (χ1v) is 4.32. The molecule has 6 nitrogen and oxygen atoms in total. The van der Waals surface area contributed by atoms with E-state index in [9.17, 15) is 14.9 Å². The second-order valence-electron chi connectivity index (χ2n) is 2.90. The van der Waals surface area contributed by atoms with Crippen molar-refractivity contribution in [3.63, 3.8) is 0 Å². The average Bonchev–Trinajstić information content (AvgIpc) is 2.28. The number of hydrogen-bond donors (Lipinski definition) is 0. The molecule has 0 aromatic heterocycles. The van der Waals surface area contributed by atoms with Crippen molar-refractivity contribution in [2.45, 2.75) is 6.42 Å². The van der Waals surface area contributed by atoms with Gasteiger partial charge in [0.1, 0.15) is 5.75 Å². The van der Waals surface area contributed by atoms with Crippen LogP contribution >= 0.6 is 0 Å². The summed E-state index contributed by atoms with van der Waals surface area (Å²) in [6.45, 7) is 0. The second-order valence-corrected chi connectivity index (χ2v) is 2.90. The van der Waals surface area contributed by atoms with Crippen LogP contribution in [-0.4, -0.2) is 17.8 Å². The largest absolute Gasteiger partial charge is 0.496 e. The maximum absolute atomic E-state index is 11.4. The number of nitro groups is 1. The number of Topliss-reactive ketones (excluding diaryl/α,β-unsaturated/α-hetero) is 1. The van der Waals surface area contributed by atoms with Gasteiger partial charge in [-0.1, -0.05) is 0 Å². The number of methoxy groups -OCH3 is 1. The van der Waals surface area contributed by atoms with E-state index in [1.807, 2.05) is 0 Å². The molecule has 0 radical (unpaired) electrons. The summed E-state index contributed by atoms with van der Waals surface area (Å²) in [5.41, 5.74) is 0.0139. The molecule has 0 aliphatic rings. The first-order chi connectivity index (χ1) is 7.60. The van der Waals surface area contributed by atoms with Crippen molar-refractivity contribution >= 4 is 11.5 Å². The first-order valence-electron chi connectivity index (χ1n) is 4.32. The Morgan fingerprint density at radius 1 is 1.62 bits per heavy atom. The summed E-state index contributed by atoms with van der Waals surface area (Å²) in [6.07, 6.45) is -0.284. The van der Waals surface area contributed by atoms with E-state index >= 15 is 0 Å². The van der Waals surface area contributed by atoms with Gasteiger partial charge in [-0.15, -0.1) is 0 Å². The topological polar surface area (TPSA) is 93.2 Å². The summed E-state index contributed by atoms with van der Waals surface area (Å²) in [5, 5.41) is 18.9. The van der Waals surface area contributed by atoms with Gasteiger partial charge in [-0.05, 0) is 6.07 Å². The van der Waals surface area contributed by atoms with Crippen molar-refractivity contribution in [2.24, 2.45) is 0 Å². The predicted octanol–water partition coefficient (Wildman–Crippen LogP) is 1.70. The summed E-state index contributed by atoms with van der Waals surface area (Å²) in [4.78, 5) is 21.3. The quantitative estimate of drug-likeness (QED) is 0.437. The van der Waals surface area contributed by atoms with Crippen molar-refractivity contribution in [3.05, 3.63) is 33.9 Å². The van der Waals surface area contributed by atoms with Crippen molar-refractivity contribution in [1.29, 1.82) is 5.26 Å². The van der Waals surface area contributed by atoms with Crippen LogP contribution in [-0.2, 0) is 0 Å². The zero-order chi connectivity index (χ0) is 12.1. The Labute approximate surface area is 91.2 Å². The summed E-state index contributed by atoms with van der Waals surface area (Å²) >= 11 is 0. The van der Waals surface area contributed by atoms with Gasteiger partial charge in [0, 0.05) is 6.07 Å². The molecule has 0 aliphatic carbocycles. The monoisotopic (exact) mass is 220 g/mol. The third kappa shape index (κ3) is 2.33. The fraction of sp³-hybridized carbons (Fsp3) is 0.200. The lowest BCUT2D eigenvalue weighted by molar-refractivity contribution is -0.384. The number of nitriles is 1. The lowest BCUT2D eigenvalue weighted by Gasteiger charge is -2.05. The predicted molar refractivity (Wildman–Crippen MR) is 54.2 cm³/mol. The number of hydrogen-bond acceptors (Lipinski definition) is 5. The van der Waals surface area contributed by atoms with Crippen LogP contribution in [0.25, 0.3) is 0 Å². The van der Waals surface area contributed by atoms with Gasteiger partial charge in [0.2, 0.25) is 0 Å². The minimum absolute atomic E-state index is 0.106. The highest BCUT2D eigenvalue weighted by atomic mass is 16.6. The molecule has 16 heavy (non-hydrogen) atoms. The van der Waals surface area contributed by atoms with Gasteiger partial charge in [-0.2, -0.15) is 5.26 Å². The van der Waals surface area contributed by atoms with Crippen LogP contribution in [0.3, 0.4) is 0 Å². The first kappa shape index (κ1) is 11.7. The Morgan fingerprint density at radius 3 is 2.81 bits per heavy atom. The third-order valence-electron chi connectivity index (χ3n) is 1.94. The van der Waals surface area contributed by atoms with Gasteiger partial charge in [0.25, 0.3) is 5.69 Å². The maximum atomic E-state index is 11.4. The molecular formula is C10H8N2O4. The molecule has 0 unspecified atom stereocenters. The van der Waals surface area contributed by atoms with E-state index in [4.69, 9.17) is 10.00 Å². The fourth-order valence-electron chi connectivity index (χ4n) is 1.19. The lowest BCUT2D eigenvalue weighted by Crippen LogP contribution is -2.02. The molecule has 0 fully saturated rings. The van der Waals surface area contributed by atoms with E-state index in [0.29, 0.717) is 0 Å². The number of non-ortho nitro benzene ring substituents is 1. The van der Waals surface area contributed by atoms with Crippen LogP contribution < -0.4 is 4.74 Å². The molecule has 6 heteroatoms. The average molecular weight is 220 g/mol. The summed E-state index contributed by atoms with van der Waals surface area (Å²) < 4.78 is 4.87. The Hall–Kier alpha value is -2.42. The Morgan fingerprint density at radius 2 is 2.31 bits per heavy atom. The number of benzene rings is 1. The van der Waals surface area contributed by atoms with Crippen molar-refractivity contribution in [2.75, 3.05) is 7.11 Å². The molecule has 0 N–H and O–H groups in total. The van der Waals surface area contributed by atoms with E-state index in [0.717, 1.165) is 6.07 Å². The summed E-state index contributed by atoms with van der Waals surface area (Å²) in [6, 6.07) is 5.36. The van der Waals surface area contributed by atoms with Crippen LogP contribution in [0.5, 0.6) is 5.75 Å². The molecule has 1 aromatic rings. The second kappa shape index (κ2) is 4.89.